The topological polar surface area (TPSA) is 12.5 Å². The first-order valence-corrected chi connectivity index (χ1v) is 4.11. The molecule has 0 bridgehead atoms. The van der Waals surface area contributed by atoms with Gasteiger partial charge >= 0.3 is 0 Å². The fourth-order valence-electron chi connectivity index (χ4n) is 1.12. The molecule has 1 aliphatic rings. The SMILES string of the molecule is C=CC(CC)CCC1CO1. The molecule has 1 saturated heterocycles. The molecule has 2 unspecified atom stereocenters. The minimum Gasteiger partial charge on any atom is -0.373 e. The molecule has 2 atom stereocenters. The Hall–Kier alpha value is -0.300. The van der Waals surface area contributed by atoms with Gasteiger partial charge in [-0.25, -0.2) is 0 Å². The molecule has 0 radical (unpaired) electrons. The van der Waals surface area contributed by atoms with Crippen LogP contribution < -0.4 is 0 Å². The lowest BCUT2D eigenvalue weighted by Gasteiger charge is -2.06. The lowest BCUT2D eigenvalue weighted by Crippen LogP contribution is -1.96. The summed E-state index contributed by atoms with van der Waals surface area (Å²) in [5.41, 5.74) is 0. The fourth-order valence-corrected chi connectivity index (χ4v) is 1.12. The summed E-state index contributed by atoms with van der Waals surface area (Å²) in [4.78, 5) is 0. The highest BCUT2D eigenvalue weighted by Gasteiger charge is 2.22. The van der Waals surface area contributed by atoms with Gasteiger partial charge < -0.3 is 4.74 Å². The number of hydrogen-bond donors (Lipinski definition) is 0. The summed E-state index contributed by atoms with van der Waals surface area (Å²) in [5, 5.41) is 0. The van der Waals surface area contributed by atoms with Crippen molar-refractivity contribution in [1.82, 2.24) is 0 Å². The van der Waals surface area contributed by atoms with Gasteiger partial charge in [0, 0.05) is 0 Å². The predicted octanol–water partition coefficient (Wildman–Crippen LogP) is 2.38. The van der Waals surface area contributed by atoms with Crippen LogP contribution in [-0.2, 0) is 4.74 Å². The number of ether oxygens (including phenoxy) is 1. The largest absolute Gasteiger partial charge is 0.373 e. The van der Waals surface area contributed by atoms with Crippen LogP contribution in [0.15, 0.2) is 12.7 Å². The van der Waals surface area contributed by atoms with Crippen molar-refractivity contribution in [2.75, 3.05) is 6.61 Å². The lowest BCUT2D eigenvalue weighted by atomic mass is 10.00. The minimum absolute atomic E-state index is 0.592. The maximum atomic E-state index is 5.11. The van der Waals surface area contributed by atoms with Crippen LogP contribution in [0.2, 0.25) is 0 Å². The van der Waals surface area contributed by atoms with Gasteiger partial charge in [-0.1, -0.05) is 13.0 Å². The number of rotatable bonds is 5. The highest BCUT2D eigenvalue weighted by molar-refractivity contribution is 4.80. The first kappa shape index (κ1) is 7.80. The Morgan fingerprint density at radius 1 is 1.80 bits per heavy atom. The molecule has 1 fully saturated rings. The molecule has 1 nitrogen and oxygen atoms in total. The van der Waals surface area contributed by atoms with Crippen molar-refractivity contribution >= 4 is 0 Å². The third kappa shape index (κ3) is 2.53. The normalized spacial score (nSPS) is 25.9. The van der Waals surface area contributed by atoms with Gasteiger partial charge in [0.1, 0.15) is 0 Å². The van der Waals surface area contributed by atoms with Gasteiger partial charge in [-0.2, -0.15) is 0 Å². The third-order valence-electron chi connectivity index (χ3n) is 2.12. The zero-order valence-electron chi connectivity index (χ0n) is 6.68. The maximum absolute atomic E-state index is 5.11. The van der Waals surface area contributed by atoms with Crippen molar-refractivity contribution in [3.05, 3.63) is 12.7 Å². The Balaban J connectivity index is 2.02. The minimum atomic E-state index is 0.592. The number of epoxide rings is 1. The van der Waals surface area contributed by atoms with E-state index in [1.807, 2.05) is 0 Å². The summed E-state index contributed by atoms with van der Waals surface area (Å²) >= 11 is 0. The summed E-state index contributed by atoms with van der Waals surface area (Å²) in [6.07, 6.45) is 6.35. The van der Waals surface area contributed by atoms with Crippen LogP contribution in [0.5, 0.6) is 0 Å². The summed E-state index contributed by atoms with van der Waals surface area (Å²) in [5.74, 6) is 0.712. The average Bonchev–Trinajstić information content (AvgIpc) is 2.74. The summed E-state index contributed by atoms with van der Waals surface area (Å²) in [6.45, 7) is 6.99. The van der Waals surface area contributed by atoms with Gasteiger partial charge in [-0.15, -0.1) is 6.58 Å². The Labute approximate surface area is 63.1 Å². The van der Waals surface area contributed by atoms with E-state index in [-0.39, 0.29) is 0 Å². The van der Waals surface area contributed by atoms with E-state index in [0.717, 1.165) is 6.61 Å². The predicted molar refractivity (Wildman–Crippen MR) is 43.0 cm³/mol. The van der Waals surface area contributed by atoms with Crippen molar-refractivity contribution in [2.45, 2.75) is 32.3 Å². The maximum Gasteiger partial charge on any atom is 0.0810 e. The second-order valence-electron chi connectivity index (χ2n) is 2.94. The molecular formula is C9H16O. The fraction of sp³-hybridized carbons (Fsp3) is 0.778. The number of hydrogen-bond acceptors (Lipinski definition) is 1. The zero-order valence-corrected chi connectivity index (χ0v) is 6.68. The summed E-state index contributed by atoms with van der Waals surface area (Å²) < 4.78 is 5.11. The van der Waals surface area contributed by atoms with Crippen molar-refractivity contribution in [1.29, 1.82) is 0 Å². The van der Waals surface area contributed by atoms with Crippen molar-refractivity contribution in [3.63, 3.8) is 0 Å². The Morgan fingerprint density at radius 3 is 2.90 bits per heavy atom. The molecule has 0 aromatic carbocycles. The molecule has 1 heteroatoms. The molecule has 1 rings (SSSR count). The van der Waals surface area contributed by atoms with E-state index in [1.54, 1.807) is 0 Å². The first-order chi connectivity index (χ1) is 4.86. The molecule has 0 spiro atoms. The molecule has 0 N–H and O–H groups in total. The van der Waals surface area contributed by atoms with Crippen molar-refractivity contribution < 1.29 is 4.74 Å². The second-order valence-corrected chi connectivity index (χ2v) is 2.94. The zero-order chi connectivity index (χ0) is 7.40. The van der Waals surface area contributed by atoms with Crippen LogP contribution >= 0.6 is 0 Å². The van der Waals surface area contributed by atoms with E-state index in [4.69, 9.17) is 4.74 Å². The average molecular weight is 140 g/mol. The van der Waals surface area contributed by atoms with Crippen LogP contribution in [0.25, 0.3) is 0 Å². The van der Waals surface area contributed by atoms with Crippen LogP contribution in [0.3, 0.4) is 0 Å². The molecule has 0 amide bonds. The van der Waals surface area contributed by atoms with Crippen LogP contribution in [0.4, 0.5) is 0 Å². The van der Waals surface area contributed by atoms with Crippen molar-refractivity contribution in [2.24, 2.45) is 5.92 Å². The molecule has 1 heterocycles. The molecule has 1 aliphatic heterocycles. The Kier molecular flexibility index (Phi) is 2.94. The van der Waals surface area contributed by atoms with Gasteiger partial charge in [0.25, 0.3) is 0 Å². The van der Waals surface area contributed by atoms with Crippen LogP contribution in [-0.4, -0.2) is 12.7 Å². The van der Waals surface area contributed by atoms with Gasteiger partial charge in [-0.3, -0.25) is 0 Å². The Morgan fingerprint density at radius 2 is 2.50 bits per heavy atom. The van der Waals surface area contributed by atoms with Crippen LogP contribution in [0.1, 0.15) is 26.2 Å². The highest BCUT2D eigenvalue weighted by atomic mass is 16.6. The lowest BCUT2D eigenvalue weighted by molar-refractivity contribution is 0.378. The summed E-state index contributed by atoms with van der Waals surface area (Å²) in [6, 6.07) is 0. The smallest absolute Gasteiger partial charge is 0.0810 e. The molecule has 0 aromatic rings. The highest BCUT2D eigenvalue weighted by Crippen LogP contribution is 2.20. The summed E-state index contributed by atoms with van der Waals surface area (Å²) in [7, 11) is 0. The van der Waals surface area contributed by atoms with Gasteiger partial charge in [-0.05, 0) is 25.2 Å². The molecule has 58 valence electrons. The molecular weight excluding hydrogens is 124 g/mol. The number of allylic oxidation sites excluding steroid dienone is 1. The van der Waals surface area contributed by atoms with E-state index in [2.05, 4.69) is 19.6 Å². The van der Waals surface area contributed by atoms with E-state index < -0.39 is 0 Å². The quantitative estimate of drug-likeness (QED) is 0.422. The molecule has 0 saturated carbocycles. The standard InChI is InChI=1S/C9H16O/c1-3-8(4-2)5-6-9-7-10-9/h3,8-9H,1,4-7H2,2H3. The first-order valence-electron chi connectivity index (χ1n) is 4.11. The van der Waals surface area contributed by atoms with Gasteiger partial charge in [0.2, 0.25) is 0 Å². The van der Waals surface area contributed by atoms with E-state index in [0.29, 0.717) is 12.0 Å². The van der Waals surface area contributed by atoms with Gasteiger partial charge in [0.15, 0.2) is 0 Å². The van der Waals surface area contributed by atoms with Gasteiger partial charge in [0.05, 0.1) is 12.7 Å². The Bertz CT molecular complexity index is 105. The third-order valence-corrected chi connectivity index (χ3v) is 2.12. The monoisotopic (exact) mass is 140 g/mol. The van der Waals surface area contributed by atoms with E-state index in [1.165, 1.54) is 19.3 Å². The molecule has 0 aromatic heterocycles. The molecule has 0 aliphatic carbocycles. The van der Waals surface area contributed by atoms with Crippen LogP contribution in [0, 0.1) is 5.92 Å². The van der Waals surface area contributed by atoms with E-state index >= 15 is 0 Å². The van der Waals surface area contributed by atoms with E-state index in [9.17, 15) is 0 Å². The second kappa shape index (κ2) is 3.77. The molecule has 10 heavy (non-hydrogen) atoms. The van der Waals surface area contributed by atoms with Crippen molar-refractivity contribution in [3.8, 4) is 0 Å².